The van der Waals surface area contributed by atoms with Gasteiger partial charge in [-0.3, -0.25) is 0 Å². The van der Waals surface area contributed by atoms with Crippen molar-refractivity contribution >= 4 is 23.4 Å². The molecule has 64 valence electrons. The summed E-state index contributed by atoms with van der Waals surface area (Å²) in [6.07, 6.45) is 5.11. The van der Waals surface area contributed by atoms with E-state index in [1.165, 1.54) is 6.20 Å². The normalized spacial score (nSPS) is 10.8. The zero-order chi connectivity index (χ0) is 8.97. The highest BCUT2D eigenvalue weighted by molar-refractivity contribution is 6.30. The van der Waals surface area contributed by atoms with E-state index in [1.807, 2.05) is 0 Å². The van der Waals surface area contributed by atoms with Gasteiger partial charge in [-0.25, -0.2) is 4.98 Å². The van der Waals surface area contributed by atoms with E-state index >= 15 is 0 Å². The lowest BCUT2D eigenvalue weighted by molar-refractivity contribution is 1.26. The van der Waals surface area contributed by atoms with E-state index in [0.29, 0.717) is 17.4 Å². The predicted molar refractivity (Wildman–Crippen MR) is 51.7 cm³/mol. The average molecular weight is 184 g/mol. The standard InChI is InChI=1S/C8H10ClN3/c9-8-6(2-1-3-10)4-7(11)5-12-8/h1-2,4-5H,3,10-11H2. The van der Waals surface area contributed by atoms with Crippen molar-refractivity contribution < 1.29 is 0 Å². The molecule has 4 heteroatoms. The Morgan fingerprint density at radius 1 is 1.58 bits per heavy atom. The quantitative estimate of drug-likeness (QED) is 0.680. The molecule has 4 N–H and O–H groups in total. The molecule has 1 heterocycles. The largest absolute Gasteiger partial charge is 0.397 e. The summed E-state index contributed by atoms with van der Waals surface area (Å²) in [5, 5.41) is 0.439. The minimum absolute atomic E-state index is 0.439. The topological polar surface area (TPSA) is 64.9 Å². The molecule has 0 unspecified atom stereocenters. The molecule has 0 aliphatic rings. The summed E-state index contributed by atoms with van der Waals surface area (Å²) in [5.74, 6) is 0. The molecule has 0 amide bonds. The summed E-state index contributed by atoms with van der Waals surface area (Å²) in [6, 6.07) is 1.75. The third-order valence-corrected chi connectivity index (χ3v) is 1.64. The number of pyridine rings is 1. The first-order valence-corrected chi connectivity index (χ1v) is 3.89. The number of nitrogens with two attached hydrogens (primary N) is 2. The number of nitrogen functional groups attached to an aromatic ring is 1. The fourth-order valence-electron chi connectivity index (χ4n) is 0.794. The van der Waals surface area contributed by atoms with Crippen LogP contribution in [0.25, 0.3) is 6.08 Å². The van der Waals surface area contributed by atoms with Crippen LogP contribution >= 0.6 is 11.6 Å². The third kappa shape index (κ3) is 2.22. The van der Waals surface area contributed by atoms with Gasteiger partial charge in [-0.15, -0.1) is 0 Å². The lowest BCUT2D eigenvalue weighted by Crippen LogP contribution is -1.93. The molecule has 0 aromatic carbocycles. The predicted octanol–water partition coefficient (Wildman–Crippen LogP) is 1.29. The molecule has 0 aliphatic carbocycles. The Labute approximate surface area is 76.0 Å². The second-order valence-corrected chi connectivity index (χ2v) is 2.64. The van der Waals surface area contributed by atoms with Gasteiger partial charge in [0.1, 0.15) is 5.15 Å². The first-order chi connectivity index (χ1) is 5.74. The van der Waals surface area contributed by atoms with Crippen molar-refractivity contribution in [1.82, 2.24) is 4.98 Å². The van der Waals surface area contributed by atoms with E-state index in [0.717, 1.165) is 5.56 Å². The van der Waals surface area contributed by atoms with Gasteiger partial charge in [-0.1, -0.05) is 23.8 Å². The van der Waals surface area contributed by atoms with Gasteiger partial charge >= 0.3 is 0 Å². The van der Waals surface area contributed by atoms with E-state index in [9.17, 15) is 0 Å². The van der Waals surface area contributed by atoms with Crippen molar-refractivity contribution in [1.29, 1.82) is 0 Å². The Morgan fingerprint density at radius 3 is 3.00 bits per heavy atom. The van der Waals surface area contributed by atoms with E-state index in [2.05, 4.69) is 4.98 Å². The van der Waals surface area contributed by atoms with E-state index in [1.54, 1.807) is 18.2 Å². The molecule has 0 atom stereocenters. The van der Waals surface area contributed by atoms with Crippen LogP contribution in [0.1, 0.15) is 5.56 Å². The minimum Gasteiger partial charge on any atom is -0.397 e. The van der Waals surface area contributed by atoms with E-state index in [-0.39, 0.29) is 0 Å². The van der Waals surface area contributed by atoms with Gasteiger partial charge in [-0.2, -0.15) is 0 Å². The lowest BCUT2D eigenvalue weighted by Gasteiger charge is -1.97. The fourth-order valence-corrected chi connectivity index (χ4v) is 0.960. The molecular formula is C8H10ClN3. The Balaban J connectivity index is 2.97. The molecule has 0 fully saturated rings. The van der Waals surface area contributed by atoms with Crippen LogP contribution in [0.4, 0.5) is 5.69 Å². The molecule has 1 aromatic rings. The number of halogens is 1. The Hall–Kier alpha value is -1.06. The molecule has 0 saturated heterocycles. The van der Waals surface area contributed by atoms with Gasteiger partial charge in [0.2, 0.25) is 0 Å². The molecule has 1 rings (SSSR count). The molecule has 0 spiro atoms. The summed E-state index contributed by atoms with van der Waals surface area (Å²) >= 11 is 5.77. The van der Waals surface area contributed by atoms with Gasteiger partial charge in [0.05, 0.1) is 11.9 Å². The summed E-state index contributed by atoms with van der Waals surface area (Å²) in [7, 11) is 0. The summed E-state index contributed by atoms with van der Waals surface area (Å²) in [4.78, 5) is 3.88. The third-order valence-electron chi connectivity index (χ3n) is 1.32. The van der Waals surface area contributed by atoms with Crippen LogP contribution in [0.15, 0.2) is 18.3 Å². The highest BCUT2D eigenvalue weighted by Gasteiger charge is 1.96. The van der Waals surface area contributed by atoms with Gasteiger partial charge < -0.3 is 11.5 Å². The zero-order valence-corrected chi connectivity index (χ0v) is 7.25. The maximum Gasteiger partial charge on any atom is 0.136 e. The first kappa shape index (κ1) is 9.03. The maximum atomic E-state index is 5.77. The first-order valence-electron chi connectivity index (χ1n) is 3.51. The Kier molecular flexibility index (Phi) is 3.08. The van der Waals surface area contributed by atoms with E-state index < -0.39 is 0 Å². The number of aromatic nitrogens is 1. The van der Waals surface area contributed by atoms with Crippen LogP contribution in [0.2, 0.25) is 5.15 Å². The van der Waals surface area contributed by atoms with Crippen molar-refractivity contribution in [2.45, 2.75) is 0 Å². The van der Waals surface area contributed by atoms with E-state index in [4.69, 9.17) is 23.1 Å². The molecular weight excluding hydrogens is 174 g/mol. The van der Waals surface area contributed by atoms with Crippen LogP contribution in [-0.2, 0) is 0 Å². The Morgan fingerprint density at radius 2 is 2.33 bits per heavy atom. The van der Waals surface area contributed by atoms with Gasteiger partial charge in [0.15, 0.2) is 0 Å². The fraction of sp³-hybridized carbons (Fsp3) is 0.125. The smallest absolute Gasteiger partial charge is 0.136 e. The summed E-state index contributed by atoms with van der Waals surface area (Å²) < 4.78 is 0. The molecule has 3 nitrogen and oxygen atoms in total. The maximum absolute atomic E-state index is 5.77. The molecule has 0 aliphatic heterocycles. The number of rotatable bonds is 2. The average Bonchev–Trinajstić information content (AvgIpc) is 2.07. The number of hydrogen-bond acceptors (Lipinski definition) is 3. The highest BCUT2D eigenvalue weighted by atomic mass is 35.5. The minimum atomic E-state index is 0.439. The van der Waals surface area contributed by atoms with Gasteiger partial charge in [0, 0.05) is 12.1 Å². The van der Waals surface area contributed by atoms with Crippen molar-refractivity contribution in [3.63, 3.8) is 0 Å². The van der Waals surface area contributed by atoms with Crippen molar-refractivity contribution in [3.05, 3.63) is 29.1 Å². The Bertz CT molecular complexity index is 296. The SMILES string of the molecule is NCC=Cc1cc(N)cnc1Cl. The number of hydrogen-bond donors (Lipinski definition) is 2. The molecule has 0 bridgehead atoms. The highest BCUT2D eigenvalue weighted by Crippen LogP contribution is 2.16. The van der Waals surface area contributed by atoms with Gasteiger partial charge in [-0.05, 0) is 6.07 Å². The van der Waals surface area contributed by atoms with Crippen molar-refractivity contribution in [2.24, 2.45) is 5.73 Å². The monoisotopic (exact) mass is 183 g/mol. The van der Waals surface area contributed by atoms with Crippen LogP contribution in [0, 0.1) is 0 Å². The zero-order valence-electron chi connectivity index (χ0n) is 6.50. The summed E-state index contributed by atoms with van der Waals surface area (Å²) in [5.41, 5.74) is 12.2. The molecule has 0 saturated carbocycles. The lowest BCUT2D eigenvalue weighted by atomic mass is 10.2. The van der Waals surface area contributed by atoms with Crippen molar-refractivity contribution in [3.8, 4) is 0 Å². The van der Waals surface area contributed by atoms with Crippen LogP contribution < -0.4 is 11.5 Å². The second-order valence-electron chi connectivity index (χ2n) is 2.29. The van der Waals surface area contributed by atoms with Crippen LogP contribution in [0.3, 0.4) is 0 Å². The van der Waals surface area contributed by atoms with Crippen molar-refractivity contribution in [2.75, 3.05) is 12.3 Å². The molecule has 1 aromatic heterocycles. The number of anilines is 1. The van der Waals surface area contributed by atoms with Gasteiger partial charge in [0.25, 0.3) is 0 Å². The van der Waals surface area contributed by atoms with Crippen LogP contribution in [-0.4, -0.2) is 11.5 Å². The number of nitrogens with zero attached hydrogens (tertiary/aromatic N) is 1. The molecule has 0 radical (unpaired) electrons. The summed E-state index contributed by atoms with van der Waals surface area (Å²) in [6.45, 7) is 0.477. The van der Waals surface area contributed by atoms with Crippen LogP contribution in [0.5, 0.6) is 0 Å². The molecule has 12 heavy (non-hydrogen) atoms. The second kappa shape index (κ2) is 4.09.